The summed E-state index contributed by atoms with van der Waals surface area (Å²) in [5, 5.41) is 3.51. The van der Waals surface area contributed by atoms with E-state index in [4.69, 9.17) is 4.74 Å². The topological polar surface area (TPSA) is 21.3 Å². The Kier molecular flexibility index (Phi) is 9.49. The Morgan fingerprint density at radius 2 is 1.96 bits per heavy atom. The summed E-state index contributed by atoms with van der Waals surface area (Å²) in [5.41, 5.74) is 2.45. The first-order chi connectivity index (χ1) is 12.1. The first-order valence-corrected chi connectivity index (χ1v) is 10.2. The molecule has 0 radical (unpaired) electrons. The normalized spacial score (nSPS) is 19.8. The minimum atomic E-state index is -0.831. The molecule has 142 valence electrons. The smallest absolute Gasteiger partial charge is 0.123 e. The van der Waals surface area contributed by atoms with Crippen LogP contribution < -0.4 is 5.32 Å². The molecule has 2 atom stereocenters. The summed E-state index contributed by atoms with van der Waals surface area (Å²) in [6.45, 7) is 7.42. The summed E-state index contributed by atoms with van der Waals surface area (Å²) in [6.07, 6.45) is 7.14. The first kappa shape index (κ1) is 20.4. The van der Waals surface area contributed by atoms with Crippen LogP contribution in [-0.2, 0) is 11.3 Å². The predicted molar refractivity (Wildman–Crippen MR) is 104 cm³/mol. The van der Waals surface area contributed by atoms with Crippen molar-refractivity contribution in [1.82, 2.24) is 5.32 Å². The molecular formula is C22H36FNO. The average Bonchev–Trinajstić information content (AvgIpc) is 2.88. The SMILES string of the molecule is CC(C)c1ccc(COCC(F)CCCCC2CCCCNC2)cc1. The molecule has 0 spiro atoms. The van der Waals surface area contributed by atoms with Gasteiger partial charge in [0.25, 0.3) is 0 Å². The van der Waals surface area contributed by atoms with Crippen molar-refractivity contribution in [3.8, 4) is 0 Å². The third-order valence-corrected chi connectivity index (χ3v) is 5.24. The quantitative estimate of drug-likeness (QED) is 0.554. The highest BCUT2D eigenvalue weighted by atomic mass is 19.1. The second-order valence-corrected chi connectivity index (χ2v) is 7.86. The van der Waals surface area contributed by atoms with Gasteiger partial charge in [-0.3, -0.25) is 0 Å². The Labute approximate surface area is 153 Å². The van der Waals surface area contributed by atoms with E-state index in [0.29, 0.717) is 18.9 Å². The van der Waals surface area contributed by atoms with Gasteiger partial charge in [-0.1, -0.05) is 57.4 Å². The fraction of sp³-hybridized carbons (Fsp3) is 0.727. The lowest BCUT2D eigenvalue weighted by atomic mass is 9.96. The number of ether oxygens (including phenoxy) is 1. The number of unbranched alkanes of at least 4 members (excludes halogenated alkanes) is 1. The van der Waals surface area contributed by atoms with E-state index in [1.54, 1.807) is 0 Å². The Balaban J connectivity index is 1.52. The van der Waals surface area contributed by atoms with Gasteiger partial charge < -0.3 is 10.1 Å². The van der Waals surface area contributed by atoms with Crippen molar-refractivity contribution in [2.45, 2.75) is 77.5 Å². The maximum absolute atomic E-state index is 14.0. The molecule has 0 aliphatic carbocycles. The molecule has 0 bridgehead atoms. The molecule has 1 fully saturated rings. The van der Waals surface area contributed by atoms with Gasteiger partial charge in [0.1, 0.15) is 6.17 Å². The van der Waals surface area contributed by atoms with Crippen molar-refractivity contribution in [1.29, 1.82) is 0 Å². The Morgan fingerprint density at radius 1 is 1.16 bits per heavy atom. The number of hydrogen-bond acceptors (Lipinski definition) is 2. The fourth-order valence-electron chi connectivity index (χ4n) is 3.52. The molecular weight excluding hydrogens is 313 g/mol. The van der Waals surface area contributed by atoms with E-state index >= 15 is 0 Å². The summed E-state index contributed by atoms with van der Waals surface area (Å²) in [5.74, 6) is 1.34. The molecule has 1 heterocycles. The highest BCUT2D eigenvalue weighted by Crippen LogP contribution is 2.19. The van der Waals surface area contributed by atoms with Gasteiger partial charge in [0.05, 0.1) is 13.2 Å². The van der Waals surface area contributed by atoms with E-state index in [0.717, 1.165) is 30.9 Å². The highest BCUT2D eigenvalue weighted by molar-refractivity contribution is 5.24. The zero-order valence-corrected chi connectivity index (χ0v) is 16.1. The minimum absolute atomic E-state index is 0.219. The third kappa shape index (κ3) is 8.33. The van der Waals surface area contributed by atoms with E-state index < -0.39 is 6.17 Å². The van der Waals surface area contributed by atoms with Crippen LogP contribution in [0.15, 0.2) is 24.3 Å². The molecule has 2 unspecified atom stereocenters. The number of benzene rings is 1. The van der Waals surface area contributed by atoms with Crippen LogP contribution in [0, 0.1) is 5.92 Å². The van der Waals surface area contributed by atoms with Crippen LogP contribution in [0.5, 0.6) is 0 Å². The number of nitrogens with one attached hydrogen (secondary N) is 1. The van der Waals surface area contributed by atoms with Crippen LogP contribution in [0.25, 0.3) is 0 Å². The van der Waals surface area contributed by atoms with Crippen molar-refractivity contribution < 1.29 is 9.13 Å². The van der Waals surface area contributed by atoms with Gasteiger partial charge in [0.2, 0.25) is 0 Å². The van der Waals surface area contributed by atoms with Gasteiger partial charge in [-0.15, -0.1) is 0 Å². The van der Waals surface area contributed by atoms with Crippen molar-refractivity contribution in [3.63, 3.8) is 0 Å². The average molecular weight is 350 g/mol. The number of hydrogen-bond donors (Lipinski definition) is 1. The largest absolute Gasteiger partial charge is 0.374 e. The van der Waals surface area contributed by atoms with Gasteiger partial charge in [-0.25, -0.2) is 4.39 Å². The lowest BCUT2D eigenvalue weighted by Crippen LogP contribution is -2.20. The molecule has 1 N–H and O–H groups in total. The standard InChI is InChI=1S/C22H36FNO/c1-18(2)21-12-10-20(11-13-21)16-25-17-22(23)9-4-3-7-19-8-5-6-14-24-15-19/h10-13,18-19,22,24H,3-9,14-17H2,1-2H3. The van der Waals surface area contributed by atoms with Crippen molar-refractivity contribution in [3.05, 3.63) is 35.4 Å². The lowest BCUT2D eigenvalue weighted by Gasteiger charge is -2.14. The Morgan fingerprint density at radius 3 is 2.72 bits per heavy atom. The summed E-state index contributed by atoms with van der Waals surface area (Å²) in [6, 6.07) is 8.45. The Bertz CT molecular complexity index is 452. The van der Waals surface area contributed by atoms with Crippen LogP contribution in [0.1, 0.15) is 75.8 Å². The first-order valence-electron chi connectivity index (χ1n) is 10.2. The molecule has 1 saturated heterocycles. The second kappa shape index (κ2) is 11.6. The van der Waals surface area contributed by atoms with E-state index in [1.165, 1.54) is 37.8 Å². The molecule has 25 heavy (non-hydrogen) atoms. The molecule has 0 aromatic heterocycles. The van der Waals surface area contributed by atoms with Crippen molar-refractivity contribution in [2.24, 2.45) is 5.92 Å². The van der Waals surface area contributed by atoms with Crippen LogP contribution in [0.3, 0.4) is 0 Å². The molecule has 1 aromatic carbocycles. The van der Waals surface area contributed by atoms with Gasteiger partial charge in [0.15, 0.2) is 0 Å². The minimum Gasteiger partial charge on any atom is -0.374 e. The van der Waals surface area contributed by atoms with E-state index in [9.17, 15) is 4.39 Å². The Hall–Kier alpha value is -0.930. The monoisotopic (exact) mass is 349 g/mol. The summed E-state index contributed by atoms with van der Waals surface area (Å²) in [4.78, 5) is 0. The number of halogens is 1. The van der Waals surface area contributed by atoms with Crippen molar-refractivity contribution in [2.75, 3.05) is 19.7 Å². The molecule has 2 rings (SSSR count). The van der Waals surface area contributed by atoms with E-state index in [2.05, 4.69) is 43.4 Å². The molecule has 1 aromatic rings. The maximum Gasteiger partial charge on any atom is 0.123 e. The molecule has 0 amide bonds. The van der Waals surface area contributed by atoms with E-state index in [-0.39, 0.29) is 6.61 Å². The molecule has 3 heteroatoms. The zero-order chi connectivity index (χ0) is 17.9. The van der Waals surface area contributed by atoms with Gasteiger partial charge in [0, 0.05) is 0 Å². The van der Waals surface area contributed by atoms with Crippen LogP contribution >= 0.6 is 0 Å². The summed E-state index contributed by atoms with van der Waals surface area (Å²) in [7, 11) is 0. The van der Waals surface area contributed by atoms with E-state index in [1.807, 2.05) is 0 Å². The molecule has 2 nitrogen and oxygen atoms in total. The molecule has 1 aliphatic rings. The van der Waals surface area contributed by atoms with Crippen LogP contribution in [0.2, 0.25) is 0 Å². The fourth-order valence-corrected chi connectivity index (χ4v) is 3.52. The summed E-state index contributed by atoms with van der Waals surface area (Å²) < 4.78 is 19.5. The zero-order valence-electron chi connectivity index (χ0n) is 16.1. The van der Waals surface area contributed by atoms with Gasteiger partial charge in [-0.05, 0) is 61.7 Å². The lowest BCUT2D eigenvalue weighted by molar-refractivity contribution is 0.0653. The molecule has 1 aliphatic heterocycles. The predicted octanol–water partition coefficient (Wildman–Crippen LogP) is 5.61. The highest BCUT2D eigenvalue weighted by Gasteiger charge is 2.12. The number of rotatable bonds is 10. The second-order valence-electron chi connectivity index (χ2n) is 7.86. The maximum atomic E-state index is 14.0. The number of alkyl halides is 1. The van der Waals surface area contributed by atoms with Gasteiger partial charge in [-0.2, -0.15) is 0 Å². The van der Waals surface area contributed by atoms with Gasteiger partial charge >= 0.3 is 0 Å². The molecule has 0 saturated carbocycles. The van der Waals surface area contributed by atoms with Crippen LogP contribution in [-0.4, -0.2) is 25.9 Å². The third-order valence-electron chi connectivity index (χ3n) is 5.24. The summed E-state index contributed by atoms with van der Waals surface area (Å²) >= 11 is 0. The van der Waals surface area contributed by atoms with Crippen LogP contribution in [0.4, 0.5) is 4.39 Å². The van der Waals surface area contributed by atoms with Crippen molar-refractivity contribution >= 4 is 0 Å².